The largest absolute Gasteiger partial charge is 0.295 e. The normalized spacial score (nSPS) is 15.1. The molecule has 118 valence electrons. The fourth-order valence-corrected chi connectivity index (χ4v) is 5.71. The summed E-state index contributed by atoms with van der Waals surface area (Å²) in [4.78, 5) is 2.35. The number of hydrogen-bond acceptors (Lipinski definition) is 4. The van der Waals surface area contributed by atoms with E-state index < -0.39 is 10.0 Å². The molecular formula is C15H17BrN2O2S2. The molecule has 0 unspecified atom stereocenters. The molecule has 0 amide bonds. The molecule has 7 heteroatoms. The second kappa shape index (κ2) is 6.80. The smallest absolute Gasteiger partial charge is 0.250 e. The zero-order valence-electron chi connectivity index (χ0n) is 12.0. The number of rotatable bonds is 6. The van der Waals surface area contributed by atoms with Crippen LogP contribution < -0.4 is 4.72 Å². The summed E-state index contributed by atoms with van der Waals surface area (Å²) in [6, 6.07) is 11.8. The highest BCUT2D eigenvalue weighted by molar-refractivity contribution is 9.11. The van der Waals surface area contributed by atoms with Crippen LogP contribution in [-0.4, -0.2) is 26.4 Å². The maximum atomic E-state index is 12.1. The Morgan fingerprint density at radius 3 is 2.41 bits per heavy atom. The van der Waals surface area contributed by atoms with Crippen LogP contribution in [0.15, 0.2) is 44.4 Å². The van der Waals surface area contributed by atoms with Gasteiger partial charge in [0.1, 0.15) is 4.21 Å². The van der Waals surface area contributed by atoms with Crippen LogP contribution in [0.1, 0.15) is 17.5 Å². The van der Waals surface area contributed by atoms with E-state index >= 15 is 0 Å². The van der Waals surface area contributed by atoms with Crippen molar-refractivity contribution in [2.75, 3.05) is 13.1 Å². The van der Waals surface area contributed by atoms with Crippen molar-refractivity contribution >= 4 is 37.3 Å². The zero-order valence-corrected chi connectivity index (χ0v) is 15.2. The van der Waals surface area contributed by atoms with Crippen LogP contribution in [-0.2, 0) is 23.1 Å². The molecule has 0 radical (unpaired) electrons. The van der Waals surface area contributed by atoms with Gasteiger partial charge in [0.15, 0.2) is 0 Å². The van der Waals surface area contributed by atoms with Gasteiger partial charge in [0.05, 0.1) is 3.79 Å². The fraction of sp³-hybridized carbons (Fsp3) is 0.333. The third-order valence-corrected chi connectivity index (χ3v) is 7.24. The Morgan fingerprint density at radius 2 is 1.82 bits per heavy atom. The first-order chi connectivity index (χ1) is 10.5. The number of fused-ring (bicyclic) bond motifs is 1. The number of benzene rings is 1. The van der Waals surface area contributed by atoms with Crippen molar-refractivity contribution in [3.8, 4) is 0 Å². The van der Waals surface area contributed by atoms with Gasteiger partial charge in [-0.05, 0) is 45.6 Å². The Morgan fingerprint density at radius 1 is 1.14 bits per heavy atom. The molecule has 0 saturated heterocycles. The van der Waals surface area contributed by atoms with Crippen molar-refractivity contribution in [1.29, 1.82) is 0 Å². The number of halogens is 1. The van der Waals surface area contributed by atoms with E-state index in [-0.39, 0.29) is 0 Å². The first kappa shape index (κ1) is 16.1. The van der Waals surface area contributed by atoms with Gasteiger partial charge < -0.3 is 0 Å². The minimum atomic E-state index is -3.37. The number of sulfonamides is 1. The summed E-state index contributed by atoms with van der Waals surface area (Å²) in [5, 5.41) is 0. The second-order valence-corrected chi connectivity index (χ2v) is 9.75. The molecule has 4 nitrogen and oxygen atoms in total. The van der Waals surface area contributed by atoms with E-state index in [1.165, 1.54) is 22.5 Å². The quantitative estimate of drug-likeness (QED) is 0.757. The standard InChI is InChI=1S/C15H17BrN2O2S2/c16-14-6-7-15(21-14)22(19,20)17-8-3-9-18-10-12-4-1-2-5-13(12)11-18/h1-2,4-7,17H,3,8-11H2. The Labute approximate surface area is 143 Å². The van der Waals surface area contributed by atoms with Crippen molar-refractivity contribution < 1.29 is 8.42 Å². The highest BCUT2D eigenvalue weighted by Crippen LogP contribution is 2.26. The predicted octanol–water partition coefficient (Wildman–Crippen LogP) is 3.19. The van der Waals surface area contributed by atoms with Crippen molar-refractivity contribution in [1.82, 2.24) is 9.62 Å². The van der Waals surface area contributed by atoms with Crippen molar-refractivity contribution in [2.45, 2.75) is 23.7 Å². The molecule has 2 heterocycles. The summed E-state index contributed by atoms with van der Waals surface area (Å²) in [7, 11) is -3.37. The van der Waals surface area contributed by atoms with Gasteiger partial charge in [-0.2, -0.15) is 0 Å². The molecule has 0 saturated carbocycles. The Balaban J connectivity index is 1.45. The lowest BCUT2D eigenvalue weighted by Gasteiger charge is -2.14. The number of thiophene rings is 1. The van der Waals surface area contributed by atoms with Gasteiger partial charge in [-0.25, -0.2) is 13.1 Å². The molecule has 1 aliphatic heterocycles. The van der Waals surface area contributed by atoms with Crippen molar-refractivity contribution in [3.63, 3.8) is 0 Å². The summed E-state index contributed by atoms with van der Waals surface area (Å²) < 4.78 is 28.0. The summed E-state index contributed by atoms with van der Waals surface area (Å²) in [5.41, 5.74) is 2.76. The van der Waals surface area contributed by atoms with E-state index in [1.807, 2.05) is 0 Å². The molecule has 1 aromatic carbocycles. The van der Waals surface area contributed by atoms with Crippen LogP contribution in [0.5, 0.6) is 0 Å². The van der Waals surface area contributed by atoms with Gasteiger partial charge in [0.2, 0.25) is 10.0 Å². The van der Waals surface area contributed by atoms with Crippen LogP contribution in [0, 0.1) is 0 Å². The summed E-state index contributed by atoms with van der Waals surface area (Å²) in [5.74, 6) is 0. The maximum Gasteiger partial charge on any atom is 0.250 e. The van der Waals surface area contributed by atoms with Gasteiger partial charge in [0, 0.05) is 26.2 Å². The highest BCUT2D eigenvalue weighted by Gasteiger charge is 2.19. The van der Waals surface area contributed by atoms with E-state index in [1.54, 1.807) is 12.1 Å². The zero-order chi connectivity index (χ0) is 15.6. The minimum Gasteiger partial charge on any atom is -0.295 e. The van der Waals surface area contributed by atoms with Crippen molar-refractivity contribution in [2.24, 2.45) is 0 Å². The van der Waals surface area contributed by atoms with Gasteiger partial charge >= 0.3 is 0 Å². The second-order valence-electron chi connectivity index (χ2n) is 5.29. The Kier molecular flexibility index (Phi) is 4.99. The monoisotopic (exact) mass is 400 g/mol. The molecule has 3 rings (SSSR count). The molecule has 1 N–H and O–H groups in total. The lowest BCUT2D eigenvalue weighted by molar-refractivity contribution is 0.281. The van der Waals surface area contributed by atoms with Crippen molar-refractivity contribution in [3.05, 3.63) is 51.3 Å². The third kappa shape index (κ3) is 3.78. The van der Waals surface area contributed by atoms with Gasteiger partial charge in [-0.15, -0.1) is 11.3 Å². The Hall–Kier alpha value is -0.730. The first-order valence-corrected chi connectivity index (χ1v) is 10.2. The average Bonchev–Trinajstić information content (AvgIpc) is 3.09. The lowest BCUT2D eigenvalue weighted by Crippen LogP contribution is -2.27. The number of nitrogens with zero attached hydrogens (tertiary/aromatic N) is 1. The summed E-state index contributed by atoms with van der Waals surface area (Å²) >= 11 is 4.51. The molecule has 0 bridgehead atoms. The highest BCUT2D eigenvalue weighted by atomic mass is 79.9. The third-order valence-electron chi connectivity index (χ3n) is 3.66. The van der Waals surface area contributed by atoms with Crippen LogP contribution in [0.4, 0.5) is 0 Å². The predicted molar refractivity (Wildman–Crippen MR) is 92.4 cm³/mol. The van der Waals surface area contributed by atoms with E-state index in [0.717, 1.165) is 29.8 Å². The molecule has 2 aromatic rings. The molecule has 0 fully saturated rings. The molecule has 0 spiro atoms. The summed E-state index contributed by atoms with van der Waals surface area (Å²) in [6.45, 7) is 3.28. The number of hydrogen-bond donors (Lipinski definition) is 1. The summed E-state index contributed by atoms with van der Waals surface area (Å²) in [6.07, 6.45) is 0.805. The molecule has 22 heavy (non-hydrogen) atoms. The molecule has 1 aliphatic rings. The topological polar surface area (TPSA) is 49.4 Å². The molecular weight excluding hydrogens is 384 g/mol. The fourth-order valence-electron chi connectivity index (χ4n) is 2.58. The maximum absolute atomic E-state index is 12.1. The van der Waals surface area contributed by atoms with E-state index in [4.69, 9.17) is 0 Å². The molecule has 0 atom stereocenters. The molecule has 1 aromatic heterocycles. The van der Waals surface area contributed by atoms with E-state index in [2.05, 4.69) is 49.8 Å². The SMILES string of the molecule is O=S(=O)(NCCCN1Cc2ccccc2C1)c1ccc(Br)s1. The first-order valence-electron chi connectivity index (χ1n) is 7.09. The van der Waals surface area contributed by atoms with Gasteiger partial charge in [-0.3, -0.25) is 4.90 Å². The minimum absolute atomic E-state index is 0.355. The Bertz CT molecular complexity index is 733. The van der Waals surface area contributed by atoms with Crippen LogP contribution >= 0.6 is 27.3 Å². The van der Waals surface area contributed by atoms with Gasteiger partial charge in [-0.1, -0.05) is 24.3 Å². The number of nitrogens with one attached hydrogen (secondary N) is 1. The lowest BCUT2D eigenvalue weighted by atomic mass is 10.1. The van der Waals surface area contributed by atoms with Crippen LogP contribution in [0.3, 0.4) is 0 Å². The van der Waals surface area contributed by atoms with Gasteiger partial charge in [0.25, 0.3) is 0 Å². The van der Waals surface area contributed by atoms with Crippen LogP contribution in [0.2, 0.25) is 0 Å². The molecule has 0 aliphatic carbocycles. The van der Waals surface area contributed by atoms with E-state index in [0.29, 0.717) is 10.8 Å². The van der Waals surface area contributed by atoms with E-state index in [9.17, 15) is 8.42 Å². The average molecular weight is 401 g/mol. The van der Waals surface area contributed by atoms with Crippen LogP contribution in [0.25, 0.3) is 0 Å².